The lowest BCUT2D eigenvalue weighted by atomic mass is 10.1. The van der Waals surface area contributed by atoms with Crippen molar-refractivity contribution in [3.05, 3.63) is 59.7 Å². The van der Waals surface area contributed by atoms with Crippen LogP contribution in [0.15, 0.2) is 53.6 Å². The van der Waals surface area contributed by atoms with Crippen LogP contribution in [0.2, 0.25) is 0 Å². The number of carbonyl (C=O) groups excluding carboxylic acids is 1. The molecule has 0 aliphatic rings. The zero-order valence-corrected chi connectivity index (χ0v) is 15.0. The zero-order valence-electron chi connectivity index (χ0n) is 15.0. The van der Waals surface area contributed by atoms with Crippen molar-refractivity contribution in [1.29, 1.82) is 0 Å². The molecule has 2 aromatic carbocycles. The molecule has 0 spiro atoms. The van der Waals surface area contributed by atoms with E-state index in [1.807, 2.05) is 31.2 Å². The summed E-state index contributed by atoms with van der Waals surface area (Å²) < 4.78 is 5.70. The number of carbonyl (C=O) groups is 1. The highest BCUT2D eigenvalue weighted by molar-refractivity contribution is 6.01. The molecular formula is C20H25N3O2. The van der Waals surface area contributed by atoms with Crippen molar-refractivity contribution in [3.8, 4) is 5.75 Å². The highest BCUT2D eigenvalue weighted by atomic mass is 16.5. The Morgan fingerprint density at radius 1 is 1.08 bits per heavy atom. The number of rotatable bonds is 7. The van der Waals surface area contributed by atoms with E-state index < -0.39 is 0 Å². The average Bonchev–Trinajstić information content (AvgIpc) is 2.60. The average molecular weight is 339 g/mol. The van der Waals surface area contributed by atoms with Gasteiger partial charge in [0.1, 0.15) is 5.75 Å². The molecule has 5 nitrogen and oxygen atoms in total. The van der Waals surface area contributed by atoms with Gasteiger partial charge in [-0.2, -0.15) is 5.10 Å². The predicted octanol–water partition coefficient (Wildman–Crippen LogP) is 3.85. The number of anilines is 1. The fourth-order valence-corrected chi connectivity index (χ4v) is 2.10. The minimum absolute atomic E-state index is 0.270. The highest BCUT2D eigenvalue weighted by Crippen LogP contribution is 2.14. The first kappa shape index (κ1) is 18.5. The van der Waals surface area contributed by atoms with Crippen LogP contribution in [0.25, 0.3) is 0 Å². The summed E-state index contributed by atoms with van der Waals surface area (Å²) in [7, 11) is 0. The standard InChI is InChI=1S/C20H25N3O2/c1-14(2)12-13-25-19-10-6-16(7-11-19)15(3)22-23-20(24)17-4-8-18(21)9-5-17/h4-11,14H,12-13,21H2,1-3H3,(H,23,24)/b22-15-. The van der Waals surface area contributed by atoms with Crippen molar-refractivity contribution in [3.63, 3.8) is 0 Å². The van der Waals surface area contributed by atoms with Gasteiger partial charge in [-0.25, -0.2) is 5.43 Å². The van der Waals surface area contributed by atoms with Gasteiger partial charge in [0.05, 0.1) is 12.3 Å². The molecule has 0 aliphatic carbocycles. The summed E-state index contributed by atoms with van der Waals surface area (Å²) in [5, 5.41) is 4.15. The molecule has 2 aromatic rings. The fraction of sp³-hybridized carbons (Fsp3) is 0.300. The van der Waals surface area contributed by atoms with Crippen LogP contribution in [0.5, 0.6) is 5.75 Å². The maximum absolute atomic E-state index is 12.0. The highest BCUT2D eigenvalue weighted by Gasteiger charge is 2.05. The van der Waals surface area contributed by atoms with Crippen LogP contribution in [0.4, 0.5) is 5.69 Å². The van der Waals surface area contributed by atoms with Gasteiger partial charge in [-0.05, 0) is 73.4 Å². The Labute approximate surface area is 148 Å². The number of nitrogens with zero attached hydrogens (tertiary/aromatic N) is 1. The minimum atomic E-state index is -0.270. The predicted molar refractivity (Wildman–Crippen MR) is 102 cm³/mol. The molecule has 5 heteroatoms. The van der Waals surface area contributed by atoms with Crippen molar-refractivity contribution >= 4 is 17.3 Å². The molecule has 2 rings (SSSR count). The van der Waals surface area contributed by atoms with E-state index in [1.54, 1.807) is 24.3 Å². The first-order chi connectivity index (χ1) is 12.0. The van der Waals surface area contributed by atoms with Crippen LogP contribution < -0.4 is 15.9 Å². The fourth-order valence-electron chi connectivity index (χ4n) is 2.10. The Hall–Kier alpha value is -2.82. The van der Waals surface area contributed by atoms with E-state index in [9.17, 15) is 4.79 Å². The topological polar surface area (TPSA) is 76.7 Å². The second-order valence-electron chi connectivity index (χ2n) is 6.32. The summed E-state index contributed by atoms with van der Waals surface area (Å²) >= 11 is 0. The quantitative estimate of drug-likeness (QED) is 0.457. The number of hydrogen-bond donors (Lipinski definition) is 2. The molecule has 1 amide bonds. The third kappa shape index (κ3) is 5.95. The molecule has 0 aromatic heterocycles. The van der Waals surface area contributed by atoms with Gasteiger partial charge in [-0.3, -0.25) is 4.79 Å². The van der Waals surface area contributed by atoms with Crippen LogP contribution in [-0.4, -0.2) is 18.2 Å². The molecule has 0 saturated carbocycles. The van der Waals surface area contributed by atoms with Crippen LogP contribution in [-0.2, 0) is 0 Å². The Morgan fingerprint density at radius 2 is 1.68 bits per heavy atom. The second-order valence-corrected chi connectivity index (χ2v) is 6.32. The Kier molecular flexibility index (Phi) is 6.57. The summed E-state index contributed by atoms with van der Waals surface area (Å²) in [6.45, 7) is 6.90. The van der Waals surface area contributed by atoms with E-state index in [1.165, 1.54) is 0 Å². The van der Waals surface area contributed by atoms with Gasteiger partial charge in [0.25, 0.3) is 5.91 Å². The lowest BCUT2D eigenvalue weighted by Gasteiger charge is -2.09. The van der Waals surface area contributed by atoms with Gasteiger partial charge < -0.3 is 10.5 Å². The Balaban J connectivity index is 1.92. The molecule has 0 saturated heterocycles. The number of nitrogens with two attached hydrogens (primary N) is 1. The van der Waals surface area contributed by atoms with E-state index in [0.29, 0.717) is 23.8 Å². The molecule has 25 heavy (non-hydrogen) atoms. The SMILES string of the molecule is C/C(=N/NC(=O)c1ccc(N)cc1)c1ccc(OCCC(C)C)cc1. The van der Waals surface area contributed by atoms with Gasteiger partial charge >= 0.3 is 0 Å². The van der Waals surface area contributed by atoms with E-state index in [0.717, 1.165) is 23.4 Å². The van der Waals surface area contributed by atoms with Crippen molar-refractivity contribution in [2.45, 2.75) is 27.2 Å². The molecule has 3 N–H and O–H groups in total. The first-order valence-electron chi connectivity index (χ1n) is 8.39. The molecule has 0 heterocycles. The molecule has 132 valence electrons. The van der Waals surface area contributed by atoms with Gasteiger partial charge in [0.15, 0.2) is 0 Å². The van der Waals surface area contributed by atoms with Crippen molar-refractivity contribution < 1.29 is 9.53 Å². The van der Waals surface area contributed by atoms with Crippen LogP contribution in [0.3, 0.4) is 0 Å². The van der Waals surface area contributed by atoms with Crippen molar-refractivity contribution in [1.82, 2.24) is 5.43 Å². The van der Waals surface area contributed by atoms with Crippen LogP contribution >= 0.6 is 0 Å². The molecular weight excluding hydrogens is 314 g/mol. The molecule has 0 aliphatic heterocycles. The largest absolute Gasteiger partial charge is 0.494 e. The molecule has 0 atom stereocenters. The third-order valence-corrected chi connectivity index (χ3v) is 3.73. The van der Waals surface area contributed by atoms with E-state index >= 15 is 0 Å². The molecule has 0 fully saturated rings. The summed E-state index contributed by atoms with van der Waals surface area (Å²) in [6.07, 6.45) is 1.03. The number of hydrogen-bond acceptors (Lipinski definition) is 4. The summed E-state index contributed by atoms with van der Waals surface area (Å²) in [5.41, 5.74) is 10.9. The Morgan fingerprint density at radius 3 is 2.28 bits per heavy atom. The molecule has 0 radical (unpaired) electrons. The number of nitrogen functional groups attached to an aromatic ring is 1. The van der Waals surface area contributed by atoms with Crippen LogP contribution in [0, 0.1) is 5.92 Å². The number of benzene rings is 2. The lowest BCUT2D eigenvalue weighted by molar-refractivity contribution is 0.0955. The summed E-state index contributed by atoms with van der Waals surface area (Å²) in [6, 6.07) is 14.4. The lowest BCUT2D eigenvalue weighted by Crippen LogP contribution is -2.19. The van der Waals surface area contributed by atoms with Gasteiger partial charge in [-0.15, -0.1) is 0 Å². The second kappa shape index (κ2) is 8.87. The first-order valence-corrected chi connectivity index (χ1v) is 8.39. The number of ether oxygens (including phenoxy) is 1. The summed E-state index contributed by atoms with van der Waals surface area (Å²) in [4.78, 5) is 12.0. The van der Waals surface area contributed by atoms with E-state index in [2.05, 4.69) is 24.4 Å². The summed E-state index contributed by atoms with van der Waals surface area (Å²) in [5.74, 6) is 1.19. The molecule has 0 bridgehead atoms. The smallest absolute Gasteiger partial charge is 0.271 e. The number of amides is 1. The van der Waals surface area contributed by atoms with Gasteiger partial charge in [0.2, 0.25) is 0 Å². The van der Waals surface area contributed by atoms with Gasteiger partial charge in [-0.1, -0.05) is 13.8 Å². The normalized spacial score (nSPS) is 11.4. The maximum atomic E-state index is 12.0. The zero-order chi connectivity index (χ0) is 18.2. The van der Waals surface area contributed by atoms with E-state index in [4.69, 9.17) is 10.5 Å². The van der Waals surface area contributed by atoms with Crippen LogP contribution in [0.1, 0.15) is 43.1 Å². The number of nitrogens with one attached hydrogen (secondary N) is 1. The monoisotopic (exact) mass is 339 g/mol. The van der Waals surface area contributed by atoms with E-state index in [-0.39, 0.29) is 5.91 Å². The molecule has 0 unspecified atom stereocenters. The number of hydrazone groups is 1. The van der Waals surface area contributed by atoms with Crippen molar-refractivity contribution in [2.24, 2.45) is 11.0 Å². The van der Waals surface area contributed by atoms with Crippen molar-refractivity contribution in [2.75, 3.05) is 12.3 Å². The minimum Gasteiger partial charge on any atom is -0.494 e. The Bertz CT molecular complexity index is 720. The third-order valence-electron chi connectivity index (χ3n) is 3.73. The van der Waals surface area contributed by atoms with Gasteiger partial charge in [0, 0.05) is 11.3 Å². The maximum Gasteiger partial charge on any atom is 0.271 e.